The Bertz CT molecular complexity index is 2830. The van der Waals surface area contributed by atoms with Gasteiger partial charge in [-0.2, -0.15) is 9.97 Å². The SMILES string of the molecule is CCC(=O)[C@H]1S[C@@H](n2cnc3c(NCc4cccc(C)c4)nc(Cl)nc32)[C@@H](O)C1O.CCCCC#Cc1nc(NCc2cccc(Cl)c2)c2ncn([C@@H]3[C@H]4C[C@@]4(C(=O)CC)C(O)[C@@H]3O)c2n1. The van der Waals surface area contributed by atoms with E-state index in [0.29, 0.717) is 77.2 Å². The first kappa shape index (κ1) is 47.3. The van der Waals surface area contributed by atoms with Crippen LogP contribution in [0.15, 0.2) is 61.2 Å². The second-order valence-corrected chi connectivity index (χ2v) is 19.0. The highest BCUT2D eigenvalue weighted by Gasteiger charge is 2.74. The fourth-order valence-electron chi connectivity index (χ4n) is 9.09. The lowest BCUT2D eigenvalue weighted by molar-refractivity contribution is -0.130. The van der Waals surface area contributed by atoms with Gasteiger partial charge in [0.2, 0.25) is 11.1 Å². The second-order valence-electron chi connectivity index (χ2n) is 16.9. The van der Waals surface area contributed by atoms with E-state index in [1.54, 1.807) is 29.3 Å². The van der Waals surface area contributed by atoms with Gasteiger partial charge in [0.05, 0.1) is 35.5 Å². The van der Waals surface area contributed by atoms with Crippen molar-refractivity contribution in [2.24, 2.45) is 11.3 Å². The van der Waals surface area contributed by atoms with Gasteiger partial charge in [-0.25, -0.2) is 19.9 Å². The Morgan fingerprint density at radius 3 is 2.17 bits per heavy atom. The molecule has 9 rings (SSSR count). The summed E-state index contributed by atoms with van der Waals surface area (Å²) in [5, 5.41) is 48.7. The Balaban J connectivity index is 0.000000182. The summed E-state index contributed by atoms with van der Waals surface area (Å²) in [6, 6.07) is 15.2. The van der Waals surface area contributed by atoms with Gasteiger partial charge in [0.15, 0.2) is 34.0 Å². The van der Waals surface area contributed by atoms with E-state index in [0.717, 1.165) is 36.0 Å². The smallest absolute Gasteiger partial charge is 0.226 e. The Kier molecular flexibility index (Phi) is 14.3. The first-order chi connectivity index (χ1) is 31.8. The van der Waals surface area contributed by atoms with Crippen molar-refractivity contribution in [3.63, 3.8) is 0 Å². The van der Waals surface area contributed by atoms with Crippen LogP contribution in [0.25, 0.3) is 22.3 Å². The van der Waals surface area contributed by atoms with Crippen LogP contribution in [0.5, 0.6) is 0 Å². The molecule has 6 aromatic rings. The fourth-order valence-corrected chi connectivity index (χ4v) is 11.0. The lowest BCUT2D eigenvalue weighted by Crippen LogP contribution is -2.37. The Labute approximate surface area is 396 Å². The molecule has 4 aromatic heterocycles. The molecule has 0 bridgehead atoms. The molecule has 3 fully saturated rings. The maximum absolute atomic E-state index is 12.7. The summed E-state index contributed by atoms with van der Waals surface area (Å²) in [4.78, 5) is 51.6. The van der Waals surface area contributed by atoms with Gasteiger partial charge in [-0.3, -0.25) is 14.2 Å². The summed E-state index contributed by atoms with van der Waals surface area (Å²) >= 11 is 13.5. The highest BCUT2D eigenvalue weighted by Crippen LogP contribution is 2.68. The highest BCUT2D eigenvalue weighted by atomic mass is 35.5. The lowest BCUT2D eigenvalue weighted by Gasteiger charge is -2.23. The van der Waals surface area contributed by atoms with Gasteiger partial charge in [0, 0.05) is 37.4 Å². The number of halogens is 2. The monoisotopic (exact) mass is 954 g/mol. The molecule has 66 heavy (non-hydrogen) atoms. The maximum atomic E-state index is 12.7. The Morgan fingerprint density at radius 2 is 1.50 bits per heavy atom. The molecule has 2 unspecified atom stereocenters. The quantitative estimate of drug-likeness (QED) is 0.0384. The van der Waals surface area contributed by atoms with Gasteiger partial charge in [0.25, 0.3) is 0 Å². The molecule has 5 heterocycles. The largest absolute Gasteiger partial charge is 0.389 e. The number of aromatic nitrogens is 8. The predicted molar refractivity (Wildman–Crippen MR) is 254 cm³/mol. The molecule has 1 aliphatic heterocycles. The molecule has 1 saturated heterocycles. The summed E-state index contributed by atoms with van der Waals surface area (Å²) < 4.78 is 3.43. The van der Waals surface area contributed by atoms with E-state index in [1.807, 2.05) is 49.4 Å². The normalized spacial score (nSPS) is 25.2. The minimum Gasteiger partial charge on any atom is -0.389 e. The molecule has 2 saturated carbocycles. The second kappa shape index (κ2) is 20.0. The zero-order valence-corrected chi connectivity index (χ0v) is 39.2. The van der Waals surface area contributed by atoms with Crippen LogP contribution in [-0.2, 0) is 22.7 Å². The molecule has 346 valence electrons. The summed E-state index contributed by atoms with van der Waals surface area (Å²) in [7, 11) is 0. The number of carbonyl (C=O) groups excluding carboxylic acids is 2. The third-order valence-electron chi connectivity index (χ3n) is 12.6. The van der Waals surface area contributed by atoms with Gasteiger partial charge in [-0.1, -0.05) is 86.7 Å². The average molecular weight is 956 g/mol. The number of fused-ring (bicyclic) bond motifs is 3. The van der Waals surface area contributed by atoms with E-state index >= 15 is 0 Å². The minimum absolute atomic E-state index is 0.00745. The van der Waals surface area contributed by atoms with E-state index in [4.69, 9.17) is 23.2 Å². The van der Waals surface area contributed by atoms with Gasteiger partial charge in [-0.15, -0.1) is 11.8 Å². The van der Waals surface area contributed by atoms with Crippen LogP contribution in [0.4, 0.5) is 11.6 Å². The van der Waals surface area contributed by atoms with Crippen molar-refractivity contribution < 1.29 is 30.0 Å². The average Bonchev–Trinajstić information content (AvgIpc) is 3.48. The van der Waals surface area contributed by atoms with E-state index in [2.05, 4.69) is 65.4 Å². The van der Waals surface area contributed by atoms with Crippen LogP contribution in [-0.4, -0.2) is 101 Å². The molecular formula is C47H52Cl2N10O6S. The third-order valence-corrected chi connectivity index (χ3v) is 14.6. The van der Waals surface area contributed by atoms with Gasteiger partial charge in [-0.05, 0) is 66.5 Å². The summed E-state index contributed by atoms with van der Waals surface area (Å²) in [5.41, 5.74) is 4.33. The molecule has 19 heteroatoms. The molecule has 16 nitrogen and oxygen atoms in total. The summed E-state index contributed by atoms with van der Waals surface area (Å²) in [5.74, 6) is 7.28. The van der Waals surface area contributed by atoms with E-state index < -0.39 is 46.5 Å². The van der Waals surface area contributed by atoms with Crippen molar-refractivity contribution in [1.29, 1.82) is 0 Å². The van der Waals surface area contributed by atoms with Crippen molar-refractivity contribution in [3.05, 3.63) is 94.0 Å². The highest BCUT2D eigenvalue weighted by molar-refractivity contribution is 8.01. The first-order valence-corrected chi connectivity index (χ1v) is 23.8. The van der Waals surface area contributed by atoms with Crippen molar-refractivity contribution in [2.75, 3.05) is 10.6 Å². The number of anilines is 2. The minimum atomic E-state index is -1.15. The van der Waals surface area contributed by atoms with Crippen LogP contribution >= 0.6 is 35.0 Å². The van der Waals surface area contributed by atoms with E-state index in [9.17, 15) is 30.0 Å². The molecule has 3 aliphatic rings. The number of carbonyl (C=O) groups is 2. The number of benzene rings is 2. The predicted octanol–water partition coefficient (Wildman–Crippen LogP) is 6.61. The van der Waals surface area contributed by atoms with Crippen molar-refractivity contribution >= 4 is 80.5 Å². The summed E-state index contributed by atoms with van der Waals surface area (Å²) in [6.45, 7) is 8.68. The number of aryl methyl sites for hydroxylation is 1. The molecule has 0 spiro atoms. The fraction of sp³-hybridized carbons (Fsp3) is 0.447. The van der Waals surface area contributed by atoms with Gasteiger partial charge >= 0.3 is 0 Å². The zero-order valence-electron chi connectivity index (χ0n) is 36.9. The molecule has 0 amide bonds. The van der Waals surface area contributed by atoms with Crippen LogP contribution in [0, 0.1) is 30.1 Å². The molecule has 0 radical (unpaired) electrons. The standard InChI is InChI=1S/C27H30ClN5O3.C20H22ClN5O3S/c1-3-5-6-7-11-20-31-25(29-14-16-9-8-10-17(28)12-16)21-26(32-20)33(15-30-21)22-18-13-27(18,19(34)4-2)24(36)23(22)35;1-3-12(27)16-14(28)15(29)19(30-16)26-9-23-13-17(24-20(21)25-18(13)26)22-8-11-6-4-5-10(2)7-11/h8-10,12,15,18,22-24,35-36H,3-6,13-14H2,1-2H3,(H,29,31,32);4-7,9,14-16,19,28-29H,3,8H2,1-2H3,(H,22,24,25)/t18-,22-,23-,24?,27-;14?,15-,16+,19+/m10/s1. The van der Waals surface area contributed by atoms with Crippen molar-refractivity contribution in [1.82, 2.24) is 39.0 Å². The number of thioether (sulfide) groups is 1. The molecular weight excluding hydrogens is 904 g/mol. The van der Waals surface area contributed by atoms with E-state index in [1.165, 1.54) is 18.1 Å². The number of hydrogen-bond donors (Lipinski definition) is 6. The topological polar surface area (TPSA) is 226 Å². The number of hydrogen-bond acceptors (Lipinski definition) is 15. The van der Waals surface area contributed by atoms with Crippen LogP contribution < -0.4 is 10.6 Å². The van der Waals surface area contributed by atoms with Gasteiger partial charge in [0.1, 0.15) is 35.3 Å². The van der Waals surface area contributed by atoms with Crippen LogP contribution in [0.2, 0.25) is 10.3 Å². The lowest BCUT2D eigenvalue weighted by atomic mass is 9.92. The van der Waals surface area contributed by atoms with E-state index in [-0.39, 0.29) is 22.8 Å². The number of aliphatic hydroxyl groups is 4. The number of unbranched alkanes of at least 4 members (excludes halogenated alkanes) is 2. The van der Waals surface area contributed by atoms with Gasteiger partial charge < -0.3 is 35.6 Å². The molecule has 2 aromatic carbocycles. The first-order valence-electron chi connectivity index (χ1n) is 22.1. The zero-order chi connectivity index (χ0) is 46.9. The number of Topliss-reactive ketones (excluding diaryl/α,β-unsaturated/α-hetero) is 2. The molecule has 2 aliphatic carbocycles. The Morgan fingerprint density at radius 1 is 0.833 bits per heavy atom. The van der Waals surface area contributed by atoms with Crippen LogP contribution in [0.3, 0.4) is 0 Å². The number of rotatable bonds is 14. The third kappa shape index (κ3) is 9.24. The number of aliphatic hydroxyl groups excluding tert-OH is 4. The van der Waals surface area contributed by atoms with Crippen LogP contribution in [0.1, 0.15) is 93.2 Å². The number of imidazole rings is 2. The molecule has 6 N–H and O–H groups in total. The summed E-state index contributed by atoms with van der Waals surface area (Å²) in [6.07, 6.45) is 2.63. The Hall–Kier alpha value is -5.19. The number of nitrogens with zero attached hydrogens (tertiary/aromatic N) is 8. The maximum Gasteiger partial charge on any atom is 0.226 e. The van der Waals surface area contributed by atoms with Crippen molar-refractivity contribution in [2.45, 2.75) is 120 Å². The number of nitrogens with one attached hydrogen (secondary N) is 2. The molecule has 9 atom stereocenters. The number of ketones is 2. The van der Waals surface area contributed by atoms with Crippen molar-refractivity contribution in [3.8, 4) is 11.8 Å².